The summed E-state index contributed by atoms with van der Waals surface area (Å²) in [5, 5.41) is 10.9. The molecule has 1 atom stereocenters. The van der Waals surface area contributed by atoms with Crippen LogP contribution in [0.2, 0.25) is 0 Å². The van der Waals surface area contributed by atoms with Crippen LogP contribution in [0.1, 0.15) is 22.7 Å². The molecule has 1 heterocycles. The van der Waals surface area contributed by atoms with Crippen LogP contribution >= 0.6 is 0 Å². The second-order valence-electron chi connectivity index (χ2n) is 7.88. The molecule has 0 spiro atoms. The summed E-state index contributed by atoms with van der Waals surface area (Å²) < 4.78 is 29.6. The molecule has 1 amide bonds. The molecule has 0 saturated carbocycles. The standard InChI is InChI=1S/C27H26FNO5/c1-32-21-11-7-18(8-12-21)24-25(19-5-9-20(28)10-6-19)29(27(31)26(24)30)15-14-17-4-13-22(33-2)23(16-17)34-3/h4-13,16,25,30H,14-15H2,1-3H3/t25-/m1/s1. The molecule has 7 heteroatoms. The lowest BCUT2D eigenvalue weighted by atomic mass is 9.93. The molecule has 4 rings (SSSR count). The molecular weight excluding hydrogens is 437 g/mol. The van der Waals surface area contributed by atoms with Gasteiger partial charge in [0.15, 0.2) is 17.3 Å². The normalized spacial score (nSPS) is 15.6. The first-order valence-electron chi connectivity index (χ1n) is 10.8. The van der Waals surface area contributed by atoms with Gasteiger partial charge >= 0.3 is 0 Å². The molecule has 0 aliphatic carbocycles. The van der Waals surface area contributed by atoms with Crippen molar-refractivity contribution in [1.29, 1.82) is 0 Å². The molecule has 3 aromatic rings. The number of halogens is 1. The maximum atomic E-state index is 13.7. The number of nitrogens with zero attached hydrogens (tertiary/aromatic N) is 1. The van der Waals surface area contributed by atoms with E-state index in [9.17, 15) is 14.3 Å². The van der Waals surface area contributed by atoms with Crippen LogP contribution in [0.5, 0.6) is 17.2 Å². The largest absolute Gasteiger partial charge is 0.503 e. The molecule has 1 N–H and O–H groups in total. The van der Waals surface area contributed by atoms with Crippen molar-refractivity contribution in [2.45, 2.75) is 12.5 Å². The highest BCUT2D eigenvalue weighted by Gasteiger charge is 2.40. The molecule has 3 aromatic carbocycles. The predicted molar refractivity (Wildman–Crippen MR) is 127 cm³/mol. The third-order valence-electron chi connectivity index (χ3n) is 5.98. The Morgan fingerprint density at radius 2 is 1.56 bits per heavy atom. The van der Waals surface area contributed by atoms with Gasteiger partial charge in [0, 0.05) is 12.1 Å². The lowest BCUT2D eigenvalue weighted by molar-refractivity contribution is -0.129. The minimum absolute atomic E-state index is 0.313. The van der Waals surface area contributed by atoms with E-state index in [0.29, 0.717) is 46.9 Å². The number of ether oxygens (including phenoxy) is 3. The minimum Gasteiger partial charge on any atom is -0.503 e. The Balaban J connectivity index is 1.68. The Labute approximate surface area is 197 Å². The van der Waals surface area contributed by atoms with Gasteiger partial charge in [-0.25, -0.2) is 4.39 Å². The number of hydrogen-bond acceptors (Lipinski definition) is 5. The molecule has 176 valence electrons. The summed E-state index contributed by atoms with van der Waals surface area (Å²) in [6, 6.07) is 18.1. The van der Waals surface area contributed by atoms with Gasteiger partial charge in [-0.3, -0.25) is 4.79 Å². The monoisotopic (exact) mass is 463 g/mol. The summed E-state index contributed by atoms with van der Waals surface area (Å²) in [5.74, 6) is 0.727. The zero-order valence-electron chi connectivity index (χ0n) is 19.2. The Morgan fingerprint density at radius 1 is 0.882 bits per heavy atom. The summed E-state index contributed by atoms with van der Waals surface area (Å²) in [7, 11) is 4.71. The van der Waals surface area contributed by atoms with Crippen LogP contribution < -0.4 is 14.2 Å². The number of rotatable bonds is 8. The molecular formula is C27H26FNO5. The van der Waals surface area contributed by atoms with Gasteiger partial charge in [0.05, 0.1) is 27.4 Å². The maximum absolute atomic E-state index is 13.7. The summed E-state index contributed by atoms with van der Waals surface area (Å²) in [5.41, 5.74) is 2.82. The van der Waals surface area contributed by atoms with Gasteiger partial charge in [0.25, 0.3) is 5.91 Å². The predicted octanol–water partition coefficient (Wildman–Crippen LogP) is 4.95. The number of aliphatic hydroxyl groups is 1. The Hall–Kier alpha value is -4.00. The van der Waals surface area contributed by atoms with E-state index in [0.717, 1.165) is 5.56 Å². The van der Waals surface area contributed by atoms with E-state index in [4.69, 9.17) is 14.2 Å². The smallest absolute Gasteiger partial charge is 0.289 e. The molecule has 6 nitrogen and oxygen atoms in total. The molecule has 0 aromatic heterocycles. The first-order chi connectivity index (χ1) is 16.5. The van der Waals surface area contributed by atoms with Gasteiger partial charge in [-0.15, -0.1) is 0 Å². The SMILES string of the molecule is COc1ccc(C2=C(O)C(=O)N(CCc3ccc(OC)c(OC)c3)[C@@H]2c2ccc(F)cc2)cc1. The van der Waals surface area contributed by atoms with Gasteiger partial charge in [0.1, 0.15) is 11.6 Å². The van der Waals surface area contributed by atoms with E-state index >= 15 is 0 Å². The van der Waals surface area contributed by atoms with Crippen molar-refractivity contribution >= 4 is 11.5 Å². The van der Waals surface area contributed by atoms with Gasteiger partial charge in [0.2, 0.25) is 0 Å². The van der Waals surface area contributed by atoms with Crippen LogP contribution in [0.25, 0.3) is 5.57 Å². The summed E-state index contributed by atoms with van der Waals surface area (Å²) in [4.78, 5) is 14.8. The third kappa shape index (κ3) is 4.41. The molecule has 34 heavy (non-hydrogen) atoms. The molecule has 0 unspecified atom stereocenters. The van der Waals surface area contributed by atoms with Gasteiger partial charge in [-0.05, 0) is 59.5 Å². The second kappa shape index (κ2) is 9.87. The van der Waals surface area contributed by atoms with E-state index in [1.165, 1.54) is 12.1 Å². The van der Waals surface area contributed by atoms with Crippen LogP contribution in [0, 0.1) is 5.82 Å². The van der Waals surface area contributed by atoms with Crippen molar-refractivity contribution in [2.75, 3.05) is 27.9 Å². The van der Waals surface area contributed by atoms with Crippen molar-refractivity contribution in [2.24, 2.45) is 0 Å². The average Bonchev–Trinajstić information content (AvgIpc) is 3.12. The highest BCUT2D eigenvalue weighted by molar-refractivity contribution is 6.05. The van der Waals surface area contributed by atoms with Crippen LogP contribution in [0.3, 0.4) is 0 Å². The van der Waals surface area contributed by atoms with Gasteiger partial charge in [-0.1, -0.05) is 30.3 Å². The van der Waals surface area contributed by atoms with E-state index in [2.05, 4.69) is 0 Å². The van der Waals surface area contributed by atoms with E-state index in [-0.39, 0.29) is 11.6 Å². The van der Waals surface area contributed by atoms with Crippen molar-refractivity contribution in [3.63, 3.8) is 0 Å². The molecule has 0 bridgehead atoms. The summed E-state index contributed by atoms with van der Waals surface area (Å²) in [6.45, 7) is 0.333. The zero-order valence-corrected chi connectivity index (χ0v) is 19.2. The lowest BCUT2D eigenvalue weighted by Gasteiger charge is -2.27. The maximum Gasteiger partial charge on any atom is 0.289 e. The number of hydrogen-bond donors (Lipinski definition) is 1. The van der Waals surface area contributed by atoms with E-state index in [1.54, 1.807) is 62.6 Å². The lowest BCUT2D eigenvalue weighted by Crippen LogP contribution is -2.32. The Kier molecular flexibility index (Phi) is 6.72. The fraction of sp³-hybridized carbons (Fsp3) is 0.222. The molecule has 0 radical (unpaired) electrons. The highest BCUT2D eigenvalue weighted by atomic mass is 19.1. The number of aliphatic hydroxyl groups excluding tert-OH is 1. The quantitative estimate of drug-likeness (QED) is 0.512. The fourth-order valence-corrected chi connectivity index (χ4v) is 4.23. The number of benzene rings is 3. The van der Waals surface area contributed by atoms with Crippen molar-refractivity contribution in [1.82, 2.24) is 4.90 Å². The second-order valence-corrected chi connectivity index (χ2v) is 7.88. The number of carbonyl (C=O) groups is 1. The fourth-order valence-electron chi connectivity index (χ4n) is 4.23. The third-order valence-corrected chi connectivity index (χ3v) is 5.98. The van der Waals surface area contributed by atoms with E-state index in [1.807, 2.05) is 18.2 Å². The minimum atomic E-state index is -0.568. The van der Waals surface area contributed by atoms with Crippen LogP contribution in [-0.2, 0) is 11.2 Å². The summed E-state index contributed by atoms with van der Waals surface area (Å²) in [6.07, 6.45) is 0.521. The molecule has 1 aliphatic heterocycles. The average molecular weight is 464 g/mol. The van der Waals surface area contributed by atoms with Crippen LogP contribution in [-0.4, -0.2) is 43.8 Å². The Morgan fingerprint density at radius 3 is 2.18 bits per heavy atom. The first kappa shape index (κ1) is 23.2. The summed E-state index contributed by atoms with van der Waals surface area (Å²) >= 11 is 0. The molecule has 0 saturated heterocycles. The molecule has 0 fully saturated rings. The van der Waals surface area contributed by atoms with Crippen molar-refractivity contribution in [3.8, 4) is 17.2 Å². The van der Waals surface area contributed by atoms with Crippen LogP contribution in [0.15, 0.2) is 72.5 Å². The van der Waals surface area contributed by atoms with Gasteiger partial charge in [-0.2, -0.15) is 0 Å². The number of carbonyl (C=O) groups excluding carboxylic acids is 1. The molecule has 1 aliphatic rings. The first-order valence-corrected chi connectivity index (χ1v) is 10.8. The van der Waals surface area contributed by atoms with Crippen LogP contribution in [0.4, 0.5) is 4.39 Å². The number of amides is 1. The van der Waals surface area contributed by atoms with Crippen molar-refractivity contribution in [3.05, 3.63) is 95.0 Å². The topological polar surface area (TPSA) is 68.2 Å². The zero-order chi connectivity index (χ0) is 24.2. The van der Waals surface area contributed by atoms with Gasteiger partial charge < -0.3 is 24.2 Å². The van der Waals surface area contributed by atoms with Crippen molar-refractivity contribution < 1.29 is 28.5 Å². The highest BCUT2D eigenvalue weighted by Crippen LogP contribution is 2.43. The number of methoxy groups -OCH3 is 3. The van der Waals surface area contributed by atoms with E-state index < -0.39 is 11.9 Å². The Bertz CT molecular complexity index is 1200.